The number of anilines is 1. The van der Waals surface area contributed by atoms with Gasteiger partial charge in [-0.25, -0.2) is 4.98 Å². The second kappa shape index (κ2) is 7.03. The van der Waals surface area contributed by atoms with Crippen molar-refractivity contribution < 1.29 is 4.79 Å². The van der Waals surface area contributed by atoms with E-state index in [1.165, 1.54) is 17.4 Å². The van der Waals surface area contributed by atoms with E-state index in [0.29, 0.717) is 10.7 Å². The number of aromatic nitrogens is 1. The van der Waals surface area contributed by atoms with Crippen LogP contribution in [-0.4, -0.2) is 21.9 Å². The highest BCUT2D eigenvalue weighted by Gasteiger charge is 2.27. The summed E-state index contributed by atoms with van der Waals surface area (Å²) < 4.78 is 0. The number of carbonyl (C=O) groups excluding carboxylic acids is 1. The summed E-state index contributed by atoms with van der Waals surface area (Å²) in [6.45, 7) is 1.93. The largest absolute Gasteiger partial charge is 0.356 e. The van der Waals surface area contributed by atoms with E-state index in [2.05, 4.69) is 20.9 Å². The van der Waals surface area contributed by atoms with Gasteiger partial charge in [-0.3, -0.25) is 4.79 Å². The number of carbonyl (C=O) groups is 1. The maximum atomic E-state index is 12.6. The minimum absolute atomic E-state index is 0.0764. The first-order valence-corrected chi connectivity index (χ1v) is 9.04. The Bertz CT molecular complexity index is 763. The fraction of sp³-hybridized carbons (Fsp3) is 0.133. The topological polar surface area (TPSA) is 66.0 Å². The molecule has 2 aromatic heterocycles. The molecule has 0 saturated heterocycles. The summed E-state index contributed by atoms with van der Waals surface area (Å²) in [5.74, 6) is -0.0764. The van der Waals surface area contributed by atoms with Crippen LogP contribution in [0.5, 0.6) is 0 Å². The Kier molecular flexibility index (Phi) is 4.85. The summed E-state index contributed by atoms with van der Waals surface area (Å²) in [6.07, 6.45) is 4.83. The predicted octanol–water partition coefficient (Wildman–Crippen LogP) is 2.98. The molecule has 3 heterocycles. The van der Waals surface area contributed by atoms with Crippen molar-refractivity contribution in [3.63, 3.8) is 0 Å². The number of hydrogen-bond acceptors (Lipinski definition) is 6. The van der Waals surface area contributed by atoms with Crippen molar-refractivity contribution >= 4 is 56.6 Å². The van der Waals surface area contributed by atoms with E-state index in [0.717, 1.165) is 15.7 Å². The van der Waals surface area contributed by atoms with Crippen molar-refractivity contribution in [1.29, 1.82) is 0 Å². The zero-order valence-electron chi connectivity index (χ0n) is 12.2. The number of rotatable bonds is 5. The van der Waals surface area contributed by atoms with Gasteiger partial charge in [-0.05, 0) is 30.6 Å². The Hall–Kier alpha value is -2.03. The van der Waals surface area contributed by atoms with E-state index in [1.807, 2.05) is 29.8 Å². The summed E-state index contributed by atoms with van der Waals surface area (Å²) in [6, 6.07) is 3.77. The van der Waals surface area contributed by atoms with Gasteiger partial charge in [0.1, 0.15) is 0 Å². The first-order valence-electron chi connectivity index (χ1n) is 6.87. The SMILES string of the molecule is CC1NC(=S)NC(c2cccs2)=C1C(=O)/C=C/Nc1nccs1. The quantitative estimate of drug-likeness (QED) is 0.561. The molecular formula is C15H14N4OS3. The molecule has 1 aliphatic heterocycles. The molecule has 2 aromatic rings. The zero-order chi connectivity index (χ0) is 16.2. The summed E-state index contributed by atoms with van der Waals surface area (Å²) in [4.78, 5) is 17.7. The Balaban J connectivity index is 1.86. The molecule has 0 amide bonds. The van der Waals surface area contributed by atoms with Crippen LogP contribution in [0.2, 0.25) is 0 Å². The van der Waals surface area contributed by atoms with Crippen LogP contribution < -0.4 is 16.0 Å². The molecule has 0 aromatic carbocycles. The number of nitrogens with zero attached hydrogens (tertiary/aromatic N) is 1. The first kappa shape index (κ1) is 15.9. The van der Waals surface area contributed by atoms with E-state index < -0.39 is 0 Å². The summed E-state index contributed by atoms with van der Waals surface area (Å²) >= 11 is 8.26. The summed E-state index contributed by atoms with van der Waals surface area (Å²) in [7, 11) is 0. The number of hydrogen-bond donors (Lipinski definition) is 3. The van der Waals surface area contributed by atoms with Crippen LogP contribution in [0.4, 0.5) is 5.13 Å². The third-order valence-corrected chi connectivity index (χ3v) is 5.01. The van der Waals surface area contributed by atoms with Crippen LogP contribution >= 0.6 is 34.9 Å². The molecule has 0 bridgehead atoms. The molecule has 0 fully saturated rings. The average Bonchev–Trinajstić information content (AvgIpc) is 3.20. The van der Waals surface area contributed by atoms with Gasteiger partial charge in [0.15, 0.2) is 16.0 Å². The lowest BCUT2D eigenvalue weighted by molar-refractivity contribution is -0.111. The van der Waals surface area contributed by atoms with Gasteiger partial charge in [-0.1, -0.05) is 6.07 Å². The van der Waals surface area contributed by atoms with Crippen LogP contribution in [0, 0.1) is 0 Å². The lowest BCUT2D eigenvalue weighted by Crippen LogP contribution is -2.47. The maximum Gasteiger partial charge on any atom is 0.187 e. The summed E-state index contributed by atoms with van der Waals surface area (Å²) in [5, 5.41) is 14.3. The standard InChI is InChI=1S/C15H14N4OS3/c1-9-12(10(20)4-5-16-15-17-6-8-23-15)13(19-14(21)18-9)11-3-2-7-22-11/h2-9H,1H3,(H,16,17)(H2,18,19,21)/b5-4+. The van der Waals surface area contributed by atoms with Gasteiger partial charge < -0.3 is 16.0 Å². The fourth-order valence-corrected chi connectivity index (χ4v) is 3.75. The van der Waals surface area contributed by atoms with Gasteiger partial charge in [-0.2, -0.15) is 0 Å². The Morgan fingerprint density at radius 3 is 3.00 bits per heavy atom. The van der Waals surface area contributed by atoms with Crippen molar-refractivity contribution in [3.05, 3.63) is 51.8 Å². The Morgan fingerprint density at radius 1 is 1.43 bits per heavy atom. The van der Waals surface area contributed by atoms with Crippen LogP contribution in [0.3, 0.4) is 0 Å². The third kappa shape index (κ3) is 3.66. The van der Waals surface area contributed by atoms with Gasteiger partial charge in [0, 0.05) is 29.4 Å². The minimum atomic E-state index is -0.155. The molecule has 1 aliphatic rings. The fourth-order valence-electron chi connectivity index (χ4n) is 2.23. The number of allylic oxidation sites excluding steroid dienone is 1. The third-order valence-electron chi connectivity index (χ3n) is 3.20. The second-order valence-corrected chi connectivity index (χ2v) is 7.02. The number of ketones is 1. The molecule has 1 atom stereocenters. The number of thiazole rings is 1. The highest BCUT2D eigenvalue weighted by atomic mass is 32.1. The highest BCUT2D eigenvalue weighted by molar-refractivity contribution is 7.80. The molecule has 0 saturated carbocycles. The molecular weight excluding hydrogens is 348 g/mol. The first-order chi connectivity index (χ1) is 11.1. The van der Waals surface area contributed by atoms with E-state index >= 15 is 0 Å². The van der Waals surface area contributed by atoms with E-state index in [1.54, 1.807) is 23.7 Å². The van der Waals surface area contributed by atoms with Gasteiger partial charge in [-0.15, -0.1) is 22.7 Å². The lowest BCUT2D eigenvalue weighted by atomic mass is 9.98. The zero-order valence-corrected chi connectivity index (χ0v) is 14.6. The van der Waals surface area contributed by atoms with Crippen molar-refractivity contribution in [2.45, 2.75) is 13.0 Å². The van der Waals surface area contributed by atoms with Crippen LogP contribution in [0.15, 0.2) is 46.9 Å². The van der Waals surface area contributed by atoms with Crippen molar-refractivity contribution in [2.24, 2.45) is 0 Å². The van der Waals surface area contributed by atoms with E-state index in [9.17, 15) is 4.79 Å². The second-order valence-electron chi connectivity index (χ2n) is 4.77. The molecule has 0 aliphatic carbocycles. The predicted molar refractivity (Wildman–Crippen MR) is 99.5 cm³/mol. The van der Waals surface area contributed by atoms with Gasteiger partial charge in [0.25, 0.3) is 0 Å². The Labute approximate surface area is 147 Å². The molecule has 8 heteroatoms. The number of nitrogens with one attached hydrogen (secondary N) is 3. The van der Waals surface area contributed by atoms with E-state index in [-0.39, 0.29) is 11.8 Å². The van der Waals surface area contributed by atoms with E-state index in [4.69, 9.17) is 12.2 Å². The van der Waals surface area contributed by atoms with Crippen LogP contribution in [0.25, 0.3) is 5.70 Å². The summed E-state index contributed by atoms with van der Waals surface area (Å²) in [5.41, 5.74) is 1.44. The number of thiophene rings is 1. The molecule has 1 unspecified atom stereocenters. The van der Waals surface area contributed by atoms with Crippen molar-refractivity contribution in [1.82, 2.24) is 15.6 Å². The molecule has 3 rings (SSSR count). The molecule has 0 spiro atoms. The van der Waals surface area contributed by atoms with Gasteiger partial charge in [0.2, 0.25) is 0 Å². The molecule has 23 heavy (non-hydrogen) atoms. The normalized spacial score (nSPS) is 18.0. The van der Waals surface area contributed by atoms with Crippen LogP contribution in [0.1, 0.15) is 11.8 Å². The smallest absolute Gasteiger partial charge is 0.187 e. The minimum Gasteiger partial charge on any atom is -0.356 e. The number of thiocarbonyl (C=S) groups is 1. The Morgan fingerprint density at radius 2 is 2.30 bits per heavy atom. The van der Waals surface area contributed by atoms with Gasteiger partial charge >= 0.3 is 0 Å². The molecule has 0 radical (unpaired) electrons. The molecule has 118 valence electrons. The molecule has 5 nitrogen and oxygen atoms in total. The maximum absolute atomic E-state index is 12.6. The van der Waals surface area contributed by atoms with Crippen molar-refractivity contribution in [2.75, 3.05) is 5.32 Å². The monoisotopic (exact) mass is 362 g/mol. The highest BCUT2D eigenvalue weighted by Crippen LogP contribution is 2.26. The lowest BCUT2D eigenvalue weighted by Gasteiger charge is -2.28. The molecule has 3 N–H and O–H groups in total. The van der Waals surface area contributed by atoms with Crippen molar-refractivity contribution in [3.8, 4) is 0 Å². The van der Waals surface area contributed by atoms with Gasteiger partial charge in [0.05, 0.1) is 16.6 Å². The van der Waals surface area contributed by atoms with Crippen LogP contribution in [-0.2, 0) is 4.79 Å². The average molecular weight is 363 g/mol.